The Balaban J connectivity index is 1.58. The molecule has 3 aromatic carbocycles. The molecule has 38 heavy (non-hydrogen) atoms. The third-order valence-corrected chi connectivity index (χ3v) is 7.78. The normalized spacial score (nSPS) is 17.8. The number of nitrogens with zero attached hydrogens (tertiary/aromatic N) is 1. The first kappa shape index (κ1) is 25.5. The van der Waals surface area contributed by atoms with Gasteiger partial charge in [-0.25, -0.2) is 0 Å². The van der Waals surface area contributed by atoms with Crippen molar-refractivity contribution in [2.75, 3.05) is 0 Å². The van der Waals surface area contributed by atoms with Crippen molar-refractivity contribution in [1.29, 1.82) is 0 Å². The predicted octanol–water partition coefficient (Wildman–Crippen LogP) is 3.83. The molecule has 4 aromatic rings. The maximum absolute atomic E-state index is 13.7. The molecule has 196 valence electrons. The molecule has 0 radical (unpaired) electrons. The lowest BCUT2D eigenvalue weighted by molar-refractivity contribution is -0.136. The Bertz CT molecular complexity index is 1550. The summed E-state index contributed by atoms with van der Waals surface area (Å²) in [6, 6.07) is 22.2. The molecule has 0 fully saturated rings. The molecule has 0 saturated carbocycles. The first-order valence-corrected chi connectivity index (χ1v) is 13.1. The zero-order chi connectivity index (χ0) is 27.0. The van der Waals surface area contributed by atoms with E-state index in [1.165, 1.54) is 29.0 Å². The fraction of sp³-hybridized carbons (Fsp3) is 0.323. The number of carbonyl (C=O) groups excluding carboxylic acids is 3. The third kappa shape index (κ3) is 4.53. The molecule has 2 atom stereocenters. The Morgan fingerprint density at radius 1 is 0.974 bits per heavy atom. The summed E-state index contributed by atoms with van der Waals surface area (Å²) in [6.45, 7) is 5.79. The van der Waals surface area contributed by atoms with Gasteiger partial charge in [0.1, 0.15) is 11.6 Å². The van der Waals surface area contributed by atoms with Crippen LogP contribution in [0.5, 0.6) is 0 Å². The number of fused-ring (bicyclic) bond motifs is 4. The maximum Gasteiger partial charge on any atom is 0.246 e. The molecule has 1 aliphatic rings. The van der Waals surface area contributed by atoms with Crippen molar-refractivity contribution < 1.29 is 14.4 Å². The molecular formula is C31H34N4O3. The van der Waals surface area contributed by atoms with Crippen molar-refractivity contribution in [1.82, 2.24) is 15.2 Å². The van der Waals surface area contributed by atoms with Crippen LogP contribution in [-0.4, -0.2) is 33.9 Å². The third-order valence-electron chi connectivity index (χ3n) is 7.78. The van der Waals surface area contributed by atoms with Gasteiger partial charge in [-0.15, -0.1) is 0 Å². The van der Waals surface area contributed by atoms with Crippen LogP contribution in [-0.2, 0) is 33.8 Å². The number of hydrogen-bond acceptors (Lipinski definition) is 3. The number of benzene rings is 3. The highest BCUT2D eigenvalue weighted by Gasteiger charge is 2.45. The van der Waals surface area contributed by atoms with Crippen LogP contribution in [0, 0.1) is 5.92 Å². The summed E-state index contributed by atoms with van der Waals surface area (Å²) < 4.78 is 2.35. The van der Waals surface area contributed by atoms with Gasteiger partial charge in [0, 0.05) is 36.5 Å². The van der Waals surface area contributed by atoms with Crippen LogP contribution < -0.4 is 16.4 Å². The summed E-state index contributed by atoms with van der Waals surface area (Å²) >= 11 is 0. The van der Waals surface area contributed by atoms with Gasteiger partial charge in [0.15, 0.2) is 0 Å². The van der Waals surface area contributed by atoms with Crippen molar-refractivity contribution in [2.45, 2.75) is 58.2 Å². The monoisotopic (exact) mass is 510 g/mol. The topological polar surface area (TPSA) is 106 Å². The number of nitrogens with two attached hydrogens (primary N) is 1. The molecule has 0 aliphatic heterocycles. The summed E-state index contributed by atoms with van der Waals surface area (Å²) in [7, 11) is 0. The van der Waals surface area contributed by atoms with E-state index in [0.717, 1.165) is 16.5 Å². The molecule has 7 heteroatoms. The van der Waals surface area contributed by atoms with Crippen LogP contribution in [0.15, 0.2) is 66.7 Å². The zero-order valence-corrected chi connectivity index (χ0v) is 22.1. The highest BCUT2D eigenvalue weighted by atomic mass is 16.2. The number of primary amides is 1. The van der Waals surface area contributed by atoms with Gasteiger partial charge in [-0.05, 0) is 46.7 Å². The number of rotatable bonds is 7. The second kappa shape index (κ2) is 9.97. The average molecular weight is 511 g/mol. The Hall–Kier alpha value is -4.13. The average Bonchev–Trinajstić information content (AvgIpc) is 3.19. The molecule has 0 spiro atoms. The second-order valence-electron chi connectivity index (χ2n) is 10.7. The number of para-hydroxylation sites is 1. The van der Waals surface area contributed by atoms with E-state index < -0.39 is 17.5 Å². The van der Waals surface area contributed by atoms with E-state index in [2.05, 4.69) is 63.7 Å². The molecule has 7 nitrogen and oxygen atoms in total. The van der Waals surface area contributed by atoms with Crippen molar-refractivity contribution in [3.8, 4) is 0 Å². The van der Waals surface area contributed by atoms with Gasteiger partial charge in [-0.1, -0.05) is 74.5 Å². The fourth-order valence-corrected chi connectivity index (χ4v) is 5.95. The molecule has 1 unspecified atom stereocenters. The number of carbonyl (C=O) groups is 3. The van der Waals surface area contributed by atoms with E-state index in [1.807, 2.05) is 32.0 Å². The second-order valence-corrected chi connectivity index (χ2v) is 10.7. The quantitative estimate of drug-likeness (QED) is 0.352. The number of aromatic nitrogens is 1. The van der Waals surface area contributed by atoms with Gasteiger partial charge >= 0.3 is 0 Å². The van der Waals surface area contributed by atoms with Crippen LogP contribution >= 0.6 is 0 Å². The van der Waals surface area contributed by atoms with Crippen molar-refractivity contribution in [2.24, 2.45) is 11.7 Å². The summed E-state index contributed by atoms with van der Waals surface area (Å²) in [6.07, 6.45) is 1.35. The van der Waals surface area contributed by atoms with E-state index >= 15 is 0 Å². The van der Waals surface area contributed by atoms with Crippen LogP contribution in [0.25, 0.3) is 21.7 Å². The van der Waals surface area contributed by atoms with E-state index in [4.69, 9.17) is 5.73 Å². The Kier molecular flexibility index (Phi) is 6.69. The molecule has 1 heterocycles. The van der Waals surface area contributed by atoms with Gasteiger partial charge in [-0.2, -0.15) is 0 Å². The molecule has 0 saturated heterocycles. The van der Waals surface area contributed by atoms with E-state index in [0.29, 0.717) is 25.8 Å². The molecular weight excluding hydrogens is 476 g/mol. The van der Waals surface area contributed by atoms with Gasteiger partial charge in [0.05, 0.1) is 0 Å². The number of amides is 3. The Morgan fingerprint density at radius 3 is 2.37 bits per heavy atom. The summed E-state index contributed by atoms with van der Waals surface area (Å²) in [4.78, 5) is 38.1. The van der Waals surface area contributed by atoms with Crippen molar-refractivity contribution in [3.63, 3.8) is 0 Å². The molecule has 0 bridgehead atoms. The SMILES string of the molecule is CC(=O)NC1(C(=O)N[C@H](C(N)=O)C(C)C)CCc2c(c3ccccc3n2Cc2cccc3ccccc23)C1. The van der Waals surface area contributed by atoms with Crippen LogP contribution in [0.1, 0.15) is 44.0 Å². The minimum Gasteiger partial charge on any atom is -0.368 e. The minimum atomic E-state index is -1.17. The molecule has 4 N–H and O–H groups in total. The van der Waals surface area contributed by atoms with Crippen molar-refractivity contribution in [3.05, 3.63) is 83.6 Å². The van der Waals surface area contributed by atoms with Gasteiger partial charge in [-0.3, -0.25) is 14.4 Å². The lowest BCUT2D eigenvalue weighted by atomic mass is 9.78. The fourth-order valence-electron chi connectivity index (χ4n) is 5.95. The molecule has 3 amide bonds. The smallest absolute Gasteiger partial charge is 0.246 e. The van der Waals surface area contributed by atoms with Gasteiger partial charge in [0.25, 0.3) is 0 Å². The first-order valence-electron chi connectivity index (χ1n) is 13.1. The molecule has 1 aromatic heterocycles. The zero-order valence-electron chi connectivity index (χ0n) is 22.1. The van der Waals surface area contributed by atoms with E-state index in [1.54, 1.807) is 0 Å². The molecule has 5 rings (SSSR count). The lowest BCUT2D eigenvalue weighted by Gasteiger charge is -2.38. The van der Waals surface area contributed by atoms with Crippen LogP contribution in [0.2, 0.25) is 0 Å². The largest absolute Gasteiger partial charge is 0.368 e. The Labute approximate surface area is 222 Å². The minimum absolute atomic E-state index is 0.174. The van der Waals surface area contributed by atoms with Gasteiger partial charge < -0.3 is 20.9 Å². The number of nitrogens with one attached hydrogen (secondary N) is 2. The standard InChI is InChI=1S/C31H34N4O3/c1-19(2)28(29(32)37)33-30(38)31(34-20(3)36)16-15-27-25(17-31)24-13-6-7-14-26(24)35(27)18-22-11-8-10-21-9-4-5-12-23(21)22/h4-14,19,28H,15-18H2,1-3H3,(H2,32,37)(H,33,38)(H,34,36)/t28-,31?/m0/s1. The van der Waals surface area contributed by atoms with Crippen LogP contribution in [0.4, 0.5) is 0 Å². The summed E-state index contributed by atoms with van der Waals surface area (Å²) in [5.74, 6) is -1.42. The van der Waals surface area contributed by atoms with Gasteiger partial charge in [0.2, 0.25) is 17.7 Å². The maximum atomic E-state index is 13.7. The first-order chi connectivity index (χ1) is 18.2. The number of hydrogen-bond donors (Lipinski definition) is 3. The van der Waals surface area contributed by atoms with E-state index in [-0.39, 0.29) is 17.7 Å². The highest BCUT2D eigenvalue weighted by Crippen LogP contribution is 2.37. The molecule has 1 aliphatic carbocycles. The lowest BCUT2D eigenvalue weighted by Crippen LogP contribution is -2.64. The van der Waals surface area contributed by atoms with Crippen molar-refractivity contribution >= 4 is 39.4 Å². The van der Waals surface area contributed by atoms with E-state index in [9.17, 15) is 14.4 Å². The summed E-state index contributed by atoms with van der Waals surface area (Å²) in [5, 5.41) is 9.28. The Morgan fingerprint density at radius 2 is 1.66 bits per heavy atom. The summed E-state index contributed by atoms with van der Waals surface area (Å²) in [5.41, 5.74) is 8.96. The predicted molar refractivity (Wildman–Crippen MR) is 150 cm³/mol. The van der Waals surface area contributed by atoms with Crippen LogP contribution in [0.3, 0.4) is 0 Å². The highest BCUT2D eigenvalue weighted by molar-refractivity contribution is 5.96.